The Morgan fingerprint density at radius 3 is 3.06 bits per heavy atom. The third kappa shape index (κ3) is 2.19. The summed E-state index contributed by atoms with van der Waals surface area (Å²) in [5, 5.41) is 12.0. The maximum absolute atomic E-state index is 11.4. The number of ether oxygens (including phenoxy) is 1. The van der Waals surface area contributed by atoms with Crippen molar-refractivity contribution in [2.24, 2.45) is 0 Å². The van der Waals surface area contributed by atoms with E-state index >= 15 is 0 Å². The van der Waals surface area contributed by atoms with E-state index in [0.717, 1.165) is 0 Å². The van der Waals surface area contributed by atoms with Gasteiger partial charge in [-0.1, -0.05) is 5.16 Å². The summed E-state index contributed by atoms with van der Waals surface area (Å²) in [4.78, 5) is 23.4. The molecule has 1 N–H and O–H groups in total. The van der Waals surface area contributed by atoms with E-state index in [1.54, 1.807) is 0 Å². The van der Waals surface area contributed by atoms with Crippen molar-refractivity contribution in [3.8, 4) is 0 Å². The van der Waals surface area contributed by atoms with Gasteiger partial charge in [0.1, 0.15) is 6.61 Å². The average molecular weight is 226 g/mol. The van der Waals surface area contributed by atoms with Crippen molar-refractivity contribution < 1.29 is 24.0 Å². The Morgan fingerprint density at radius 1 is 1.62 bits per heavy atom. The lowest BCUT2D eigenvalue weighted by Crippen LogP contribution is -2.40. The molecule has 0 spiro atoms. The number of hydrogen-bond acceptors (Lipinski definition) is 5. The molecule has 0 unspecified atom stereocenters. The number of aromatic nitrogens is 1. The predicted molar refractivity (Wildman–Crippen MR) is 49.7 cm³/mol. The van der Waals surface area contributed by atoms with Gasteiger partial charge in [-0.2, -0.15) is 0 Å². The van der Waals surface area contributed by atoms with Crippen LogP contribution in [0, 0.1) is 0 Å². The Labute approximate surface area is 90.6 Å². The number of nitrogens with zero attached hydrogens (tertiary/aromatic N) is 2. The smallest absolute Gasteiger partial charge is 0.358 e. The van der Waals surface area contributed by atoms with Crippen LogP contribution in [-0.4, -0.2) is 46.8 Å². The minimum absolute atomic E-state index is 0.0555. The molecule has 1 fully saturated rings. The van der Waals surface area contributed by atoms with E-state index in [2.05, 4.69) is 5.16 Å². The van der Waals surface area contributed by atoms with Gasteiger partial charge in [0.15, 0.2) is 11.5 Å². The minimum atomic E-state index is -1.15. The van der Waals surface area contributed by atoms with Gasteiger partial charge in [0.25, 0.3) is 0 Å². The fraction of sp³-hybridized carbons (Fsp3) is 0.444. The third-order valence-corrected chi connectivity index (χ3v) is 2.21. The Morgan fingerprint density at radius 2 is 2.44 bits per heavy atom. The van der Waals surface area contributed by atoms with Gasteiger partial charge in [0, 0.05) is 12.6 Å². The van der Waals surface area contributed by atoms with Crippen molar-refractivity contribution in [1.29, 1.82) is 0 Å². The summed E-state index contributed by atoms with van der Waals surface area (Å²) in [5.74, 6) is -0.935. The summed E-state index contributed by atoms with van der Waals surface area (Å²) < 4.78 is 9.77. The van der Waals surface area contributed by atoms with Crippen LogP contribution in [0.15, 0.2) is 10.6 Å². The molecule has 7 heteroatoms. The first-order valence-corrected chi connectivity index (χ1v) is 4.71. The Hall–Kier alpha value is -1.89. The van der Waals surface area contributed by atoms with E-state index in [1.807, 2.05) is 0 Å². The van der Waals surface area contributed by atoms with Crippen LogP contribution in [0.1, 0.15) is 16.2 Å². The highest BCUT2D eigenvalue weighted by Gasteiger charge is 2.21. The van der Waals surface area contributed by atoms with Crippen LogP contribution in [0.4, 0.5) is 0 Å². The van der Waals surface area contributed by atoms with Crippen LogP contribution in [0.5, 0.6) is 0 Å². The second-order valence-electron chi connectivity index (χ2n) is 3.35. The molecule has 0 atom stereocenters. The first kappa shape index (κ1) is 10.6. The van der Waals surface area contributed by atoms with Crippen molar-refractivity contribution in [2.75, 3.05) is 19.8 Å². The van der Waals surface area contributed by atoms with Gasteiger partial charge in [-0.3, -0.25) is 4.79 Å². The van der Waals surface area contributed by atoms with E-state index in [-0.39, 0.29) is 24.8 Å². The summed E-state index contributed by atoms with van der Waals surface area (Å²) in [6.45, 7) is 1.23. The zero-order valence-corrected chi connectivity index (χ0v) is 8.38. The Bertz CT molecular complexity index is 414. The molecular formula is C9H10N2O5. The standard InChI is InChI=1S/C9H10N2O5/c12-8-5-15-2-1-11(8)4-6-3-7(9(13)14)10-16-6/h3H,1-2,4-5H2,(H,13,14). The molecule has 0 bridgehead atoms. The summed E-state index contributed by atoms with van der Waals surface area (Å²) in [7, 11) is 0. The van der Waals surface area contributed by atoms with Gasteiger partial charge in [0.05, 0.1) is 13.2 Å². The molecule has 0 radical (unpaired) electrons. The molecule has 1 saturated heterocycles. The van der Waals surface area contributed by atoms with Crippen LogP contribution >= 0.6 is 0 Å². The number of carboxylic acids is 1. The molecule has 0 saturated carbocycles. The van der Waals surface area contributed by atoms with Crippen molar-refractivity contribution >= 4 is 11.9 Å². The quantitative estimate of drug-likeness (QED) is 0.762. The molecule has 0 aromatic carbocycles. The number of rotatable bonds is 3. The number of aromatic carboxylic acids is 1. The van der Waals surface area contributed by atoms with Gasteiger partial charge < -0.3 is 19.3 Å². The minimum Gasteiger partial charge on any atom is -0.476 e. The topological polar surface area (TPSA) is 92.9 Å². The molecule has 86 valence electrons. The van der Waals surface area contributed by atoms with Crippen molar-refractivity contribution in [3.05, 3.63) is 17.5 Å². The van der Waals surface area contributed by atoms with Crippen LogP contribution in [0.3, 0.4) is 0 Å². The van der Waals surface area contributed by atoms with E-state index in [4.69, 9.17) is 14.4 Å². The van der Waals surface area contributed by atoms with Crippen molar-refractivity contribution in [1.82, 2.24) is 10.1 Å². The number of carbonyl (C=O) groups is 2. The van der Waals surface area contributed by atoms with Crippen LogP contribution in [0.2, 0.25) is 0 Å². The fourth-order valence-electron chi connectivity index (χ4n) is 1.39. The average Bonchev–Trinajstić information content (AvgIpc) is 2.70. The molecule has 1 amide bonds. The number of morpholine rings is 1. The third-order valence-electron chi connectivity index (χ3n) is 2.21. The van der Waals surface area contributed by atoms with E-state index in [9.17, 15) is 9.59 Å². The van der Waals surface area contributed by atoms with Gasteiger partial charge in [-0.25, -0.2) is 4.79 Å². The SMILES string of the molecule is O=C(O)c1cc(CN2CCOCC2=O)on1. The van der Waals surface area contributed by atoms with Crippen LogP contribution < -0.4 is 0 Å². The summed E-state index contributed by atoms with van der Waals surface area (Å²) in [5.41, 5.74) is -0.157. The largest absolute Gasteiger partial charge is 0.476 e. The molecule has 1 aromatic rings. The first-order valence-electron chi connectivity index (χ1n) is 4.71. The fourth-order valence-corrected chi connectivity index (χ4v) is 1.39. The second-order valence-corrected chi connectivity index (χ2v) is 3.35. The van der Waals surface area contributed by atoms with Gasteiger partial charge >= 0.3 is 5.97 Å². The van der Waals surface area contributed by atoms with Gasteiger partial charge in [0.2, 0.25) is 5.91 Å². The first-order chi connectivity index (χ1) is 7.66. The summed E-state index contributed by atoms with van der Waals surface area (Å²) in [6.07, 6.45) is 0. The Balaban J connectivity index is 2.02. The number of carboxylic acid groups (broad SMARTS) is 1. The lowest BCUT2D eigenvalue weighted by atomic mass is 10.3. The molecule has 0 aliphatic carbocycles. The highest BCUT2D eigenvalue weighted by Crippen LogP contribution is 2.09. The molecular weight excluding hydrogens is 216 g/mol. The normalized spacial score (nSPS) is 16.5. The predicted octanol–water partition coefficient (Wildman–Crippen LogP) is -0.268. The maximum Gasteiger partial charge on any atom is 0.358 e. The van der Waals surface area contributed by atoms with Crippen molar-refractivity contribution in [2.45, 2.75) is 6.54 Å². The van der Waals surface area contributed by atoms with E-state index < -0.39 is 5.97 Å². The monoisotopic (exact) mass is 226 g/mol. The zero-order valence-electron chi connectivity index (χ0n) is 8.38. The van der Waals surface area contributed by atoms with Crippen molar-refractivity contribution in [3.63, 3.8) is 0 Å². The molecule has 16 heavy (non-hydrogen) atoms. The number of carbonyl (C=O) groups excluding carboxylic acids is 1. The zero-order chi connectivity index (χ0) is 11.5. The van der Waals surface area contributed by atoms with Crippen LogP contribution in [-0.2, 0) is 16.1 Å². The van der Waals surface area contributed by atoms with Gasteiger partial charge in [-0.05, 0) is 0 Å². The number of amides is 1. The molecule has 1 aliphatic heterocycles. The van der Waals surface area contributed by atoms with E-state index in [1.165, 1.54) is 11.0 Å². The summed E-state index contributed by atoms with van der Waals surface area (Å²) >= 11 is 0. The highest BCUT2D eigenvalue weighted by atomic mass is 16.5. The lowest BCUT2D eigenvalue weighted by Gasteiger charge is -2.25. The lowest BCUT2D eigenvalue weighted by molar-refractivity contribution is -0.143. The summed E-state index contributed by atoms with van der Waals surface area (Å²) in [6, 6.07) is 1.31. The van der Waals surface area contributed by atoms with E-state index in [0.29, 0.717) is 18.9 Å². The number of hydrogen-bond donors (Lipinski definition) is 1. The van der Waals surface area contributed by atoms with Crippen LogP contribution in [0.25, 0.3) is 0 Å². The molecule has 1 aromatic heterocycles. The molecule has 1 aliphatic rings. The Kier molecular flexibility index (Phi) is 2.86. The second kappa shape index (κ2) is 4.31. The maximum atomic E-state index is 11.4. The molecule has 2 heterocycles. The molecule has 7 nitrogen and oxygen atoms in total. The highest BCUT2D eigenvalue weighted by molar-refractivity contribution is 5.85. The molecule has 2 rings (SSSR count). The van der Waals surface area contributed by atoms with Gasteiger partial charge in [-0.15, -0.1) is 0 Å².